The molecule has 0 fully saturated rings. The maximum absolute atomic E-state index is 10.9. The van der Waals surface area contributed by atoms with E-state index < -0.39 is 9.84 Å². The van der Waals surface area contributed by atoms with E-state index in [1.807, 2.05) is 0 Å². The number of nitrogens with zero attached hydrogens (tertiary/aromatic N) is 3. The molecule has 0 saturated carbocycles. The monoisotopic (exact) mass is 266 g/mol. The zero-order valence-corrected chi connectivity index (χ0v) is 10.3. The number of nitrogens with one attached hydrogen (secondary N) is 1. The SMILES string of the molecule is COc1nc(Cl)nc(NCCS(C)(=O)=O)n1. The lowest BCUT2D eigenvalue weighted by molar-refractivity contribution is 0.379. The van der Waals surface area contributed by atoms with Crippen LogP contribution in [0.4, 0.5) is 5.95 Å². The number of ether oxygens (including phenoxy) is 1. The molecule has 1 rings (SSSR count). The Morgan fingerprint density at radius 1 is 1.38 bits per heavy atom. The third kappa shape index (κ3) is 4.58. The first-order valence-electron chi connectivity index (χ1n) is 4.28. The predicted molar refractivity (Wildman–Crippen MR) is 59.6 cm³/mol. The fourth-order valence-corrected chi connectivity index (χ4v) is 1.48. The maximum atomic E-state index is 10.9. The van der Waals surface area contributed by atoms with Crippen molar-refractivity contribution in [2.24, 2.45) is 0 Å². The van der Waals surface area contributed by atoms with Gasteiger partial charge in [-0.25, -0.2) is 8.42 Å². The van der Waals surface area contributed by atoms with E-state index in [1.54, 1.807) is 0 Å². The third-order valence-electron chi connectivity index (χ3n) is 1.53. The molecule has 7 nitrogen and oxygen atoms in total. The number of aromatic nitrogens is 3. The van der Waals surface area contributed by atoms with Gasteiger partial charge in [0.15, 0.2) is 0 Å². The molecule has 16 heavy (non-hydrogen) atoms. The Balaban J connectivity index is 2.63. The lowest BCUT2D eigenvalue weighted by Gasteiger charge is -2.04. The molecule has 1 N–H and O–H groups in total. The number of hydrogen-bond donors (Lipinski definition) is 1. The van der Waals surface area contributed by atoms with E-state index in [0.29, 0.717) is 0 Å². The minimum atomic E-state index is -3.02. The van der Waals surface area contributed by atoms with Gasteiger partial charge in [-0.3, -0.25) is 0 Å². The average molecular weight is 267 g/mol. The number of methoxy groups -OCH3 is 1. The molecular weight excluding hydrogens is 256 g/mol. The largest absolute Gasteiger partial charge is 0.467 e. The van der Waals surface area contributed by atoms with Crippen molar-refractivity contribution in [3.63, 3.8) is 0 Å². The highest BCUT2D eigenvalue weighted by Gasteiger charge is 2.06. The van der Waals surface area contributed by atoms with Gasteiger partial charge in [-0.15, -0.1) is 0 Å². The molecule has 0 aliphatic heterocycles. The van der Waals surface area contributed by atoms with E-state index in [2.05, 4.69) is 20.3 Å². The molecule has 0 bridgehead atoms. The molecule has 0 aromatic carbocycles. The van der Waals surface area contributed by atoms with Crippen LogP contribution in [-0.2, 0) is 9.84 Å². The summed E-state index contributed by atoms with van der Waals surface area (Å²) in [6, 6.07) is 0.0712. The van der Waals surface area contributed by atoms with E-state index in [1.165, 1.54) is 7.11 Å². The van der Waals surface area contributed by atoms with Crippen LogP contribution in [0.3, 0.4) is 0 Å². The van der Waals surface area contributed by atoms with Crippen LogP contribution in [0.15, 0.2) is 0 Å². The molecule has 0 saturated heterocycles. The lowest BCUT2D eigenvalue weighted by atomic mass is 10.7. The normalized spacial score (nSPS) is 11.2. The van der Waals surface area contributed by atoms with Crippen molar-refractivity contribution in [1.82, 2.24) is 15.0 Å². The molecule has 0 aliphatic rings. The highest BCUT2D eigenvalue weighted by Crippen LogP contribution is 2.10. The molecule has 0 atom stereocenters. The van der Waals surface area contributed by atoms with Gasteiger partial charge in [-0.1, -0.05) is 0 Å². The van der Waals surface area contributed by atoms with Crippen LogP contribution < -0.4 is 10.1 Å². The van der Waals surface area contributed by atoms with Gasteiger partial charge in [0.05, 0.1) is 12.9 Å². The van der Waals surface area contributed by atoms with Crippen LogP contribution in [0.1, 0.15) is 0 Å². The van der Waals surface area contributed by atoms with Crippen LogP contribution in [0, 0.1) is 0 Å². The summed E-state index contributed by atoms with van der Waals surface area (Å²) in [6.45, 7) is 0.197. The van der Waals surface area contributed by atoms with E-state index in [-0.39, 0.29) is 29.5 Å². The first-order chi connectivity index (χ1) is 7.40. The summed E-state index contributed by atoms with van der Waals surface area (Å²) in [5.41, 5.74) is 0. The third-order valence-corrected chi connectivity index (χ3v) is 2.64. The van der Waals surface area contributed by atoms with Crippen LogP contribution in [0.2, 0.25) is 5.28 Å². The molecule has 1 heterocycles. The highest BCUT2D eigenvalue weighted by molar-refractivity contribution is 7.90. The standard InChI is InChI=1S/C7H11ClN4O3S/c1-15-7-11-5(8)10-6(12-7)9-3-4-16(2,13)14/h3-4H2,1-2H3,(H,9,10,11,12). The Morgan fingerprint density at radius 2 is 2.06 bits per heavy atom. The number of sulfone groups is 1. The zero-order valence-electron chi connectivity index (χ0n) is 8.77. The van der Waals surface area contributed by atoms with Gasteiger partial charge >= 0.3 is 6.01 Å². The van der Waals surface area contributed by atoms with Crippen molar-refractivity contribution in [1.29, 1.82) is 0 Å². The Hall–Kier alpha value is -1.15. The molecule has 0 unspecified atom stereocenters. The van der Waals surface area contributed by atoms with Gasteiger partial charge < -0.3 is 10.1 Å². The van der Waals surface area contributed by atoms with E-state index in [4.69, 9.17) is 16.3 Å². The predicted octanol–water partition coefficient (Wildman–Crippen LogP) is -0.00990. The van der Waals surface area contributed by atoms with Gasteiger partial charge in [-0.05, 0) is 11.6 Å². The molecule has 1 aromatic rings. The van der Waals surface area contributed by atoms with Crippen molar-refractivity contribution in [2.75, 3.05) is 31.0 Å². The summed E-state index contributed by atoms with van der Waals surface area (Å²) < 4.78 is 26.5. The number of hydrogen-bond acceptors (Lipinski definition) is 7. The van der Waals surface area contributed by atoms with Gasteiger partial charge in [0.2, 0.25) is 11.2 Å². The van der Waals surface area contributed by atoms with Crippen molar-refractivity contribution in [3.05, 3.63) is 5.28 Å². The Bertz CT molecular complexity index is 465. The zero-order chi connectivity index (χ0) is 12.2. The molecule has 0 spiro atoms. The second kappa shape index (κ2) is 5.26. The summed E-state index contributed by atoms with van der Waals surface area (Å²) in [5, 5.41) is 2.69. The Labute approximate surface area is 98.1 Å². The first-order valence-corrected chi connectivity index (χ1v) is 6.72. The van der Waals surface area contributed by atoms with E-state index >= 15 is 0 Å². The summed E-state index contributed by atoms with van der Waals surface area (Å²) in [4.78, 5) is 11.3. The second-order valence-corrected chi connectivity index (χ2v) is 5.57. The average Bonchev–Trinajstić information content (AvgIpc) is 2.14. The summed E-state index contributed by atoms with van der Waals surface area (Å²) in [7, 11) is -1.62. The van der Waals surface area contributed by atoms with Crippen molar-refractivity contribution >= 4 is 27.4 Å². The van der Waals surface area contributed by atoms with Gasteiger partial charge in [0, 0.05) is 12.8 Å². The summed E-state index contributed by atoms with van der Waals surface area (Å²) in [5.74, 6) is 0.166. The molecule has 0 aliphatic carbocycles. The molecule has 1 aromatic heterocycles. The molecular formula is C7H11ClN4O3S. The fraction of sp³-hybridized carbons (Fsp3) is 0.571. The molecule has 9 heteroatoms. The second-order valence-electron chi connectivity index (χ2n) is 2.97. The van der Waals surface area contributed by atoms with Crippen LogP contribution >= 0.6 is 11.6 Å². The topological polar surface area (TPSA) is 94.1 Å². The summed E-state index contributed by atoms with van der Waals surface area (Å²) >= 11 is 5.60. The Morgan fingerprint density at radius 3 is 2.62 bits per heavy atom. The maximum Gasteiger partial charge on any atom is 0.322 e. The lowest BCUT2D eigenvalue weighted by Crippen LogP contribution is -2.16. The molecule has 90 valence electrons. The van der Waals surface area contributed by atoms with Gasteiger partial charge in [-0.2, -0.15) is 15.0 Å². The van der Waals surface area contributed by atoms with Crippen LogP contribution in [0.25, 0.3) is 0 Å². The Kier molecular flexibility index (Phi) is 4.25. The van der Waals surface area contributed by atoms with Gasteiger partial charge in [0.25, 0.3) is 0 Å². The fourth-order valence-electron chi connectivity index (χ4n) is 0.850. The molecule has 0 radical (unpaired) electrons. The summed E-state index contributed by atoms with van der Waals surface area (Å²) in [6.07, 6.45) is 1.15. The van der Waals surface area contributed by atoms with Crippen molar-refractivity contribution in [2.45, 2.75) is 0 Å². The minimum absolute atomic E-state index is 0.0153. The van der Waals surface area contributed by atoms with E-state index in [0.717, 1.165) is 6.26 Å². The highest BCUT2D eigenvalue weighted by atomic mass is 35.5. The first kappa shape index (κ1) is 12.9. The van der Waals surface area contributed by atoms with Gasteiger partial charge in [0.1, 0.15) is 9.84 Å². The smallest absolute Gasteiger partial charge is 0.322 e. The quantitative estimate of drug-likeness (QED) is 0.801. The minimum Gasteiger partial charge on any atom is -0.467 e. The number of rotatable bonds is 5. The number of halogens is 1. The van der Waals surface area contributed by atoms with Crippen LogP contribution in [-0.4, -0.2) is 49.0 Å². The molecule has 0 amide bonds. The van der Waals surface area contributed by atoms with E-state index in [9.17, 15) is 8.42 Å². The van der Waals surface area contributed by atoms with Crippen molar-refractivity contribution < 1.29 is 13.2 Å². The van der Waals surface area contributed by atoms with Crippen LogP contribution in [0.5, 0.6) is 6.01 Å². The number of anilines is 1. The van der Waals surface area contributed by atoms with Crippen molar-refractivity contribution in [3.8, 4) is 6.01 Å².